The predicted molar refractivity (Wildman–Crippen MR) is 110 cm³/mol. The van der Waals surface area contributed by atoms with Crippen LogP contribution >= 0.6 is 0 Å². The van der Waals surface area contributed by atoms with Crippen molar-refractivity contribution in [3.63, 3.8) is 0 Å². The van der Waals surface area contributed by atoms with Crippen LogP contribution < -0.4 is 0 Å². The molecular formula is C22H33N3O4. The van der Waals surface area contributed by atoms with Crippen LogP contribution in [0.25, 0.3) is 0 Å². The summed E-state index contributed by atoms with van der Waals surface area (Å²) in [6, 6.07) is 2.15. The van der Waals surface area contributed by atoms with Gasteiger partial charge in [-0.3, -0.25) is 14.7 Å². The highest BCUT2D eigenvalue weighted by atomic mass is 16.6. The fraction of sp³-hybridized carbons (Fsp3) is 0.682. The minimum Gasteiger partial charge on any atom is -0.469 e. The summed E-state index contributed by atoms with van der Waals surface area (Å²) in [6.07, 6.45) is 3.41. The zero-order chi connectivity index (χ0) is 21.2. The Bertz CT molecular complexity index is 745. The summed E-state index contributed by atoms with van der Waals surface area (Å²) in [5.74, 6) is 0.211. The molecule has 0 radical (unpaired) electrons. The van der Waals surface area contributed by atoms with Crippen molar-refractivity contribution in [2.24, 2.45) is 5.92 Å². The zero-order valence-corrected chi connectivity index (χ0v) is 18.2. The molecule has 160 valence electrons. The van der Waals surface area contributed by atoms with E-state index in [4.69, 9.17) is 9.47 Å². The molecule has 3 heterocycles. The van der Waals surface area contributed by atoms with Crippen LogP contribution in [0.5, 0.6) is 0 Å². The number of pyridine rings is 1. The van der Waals surface area contributed by atoms with Crippen LogP contribution in [0.2, 0.25) is 0 Å². The van der Waals surface area contributed by atoms with E-state index >= 15 is 0 Å². The Morgan fingerprint density at radius 2 is 1.86 bits per heavy atom. The molecule has 2 fully saturated rings. The summed E-state index contributed by atoms with van der Waals surface area (Å²) >= 11 is 0. The van der Waals surface area contributed by atoms with Gasteiger partial charge in [0.2, 0.25) is 0 Å². The van der Waals surface area contributed by atoms with Crippen LogP contribution in [0.1, 0.15) is 56.4 Å². The lowest BCUT2D eigenvalue weighted by Crippen LogP contribution is -2.50. The van der Waals surface area contributed by atoms with Gasteiger partial charge in [-0.2, -0.15) is 0 Å². The molecule has 29 heavy (non-hydrogen) atoms. The van der Waals surface area contributed by atoms with Gasteiger partial charge in [-0.05, 0) is 70.8 Å². The number of rotatable bonds is 4. The van der Waals surface area contributed by atoms with Crippen molar-refractivity contribution in [3.8, 4) is 0 Å². The monoisotopic (exact) mass is 403 g/mol. The first-order valence-corrected chi connectivity index (χ1v) is 10.4. The van der Waals surface area contributed by atoms with E-state index in [-0.39, 0.29) is 23.9 Å². The van der Waals surface area contributed by atoms with Crippen molar-refractivity contribution in [1.29, 1.82) is 0 Å². The van der Waals surface area contributed by atoms with Gasteiger partial charge < -0.3 is 14.4 Å². The Morgan fingerprint density at radius 3 is 2.41 bits per heavy atom. The maximum absolute atomic E-state index is 12.1. The Kier molecular flexibility index (Phi) is 6.46. The topological polar surface area (TPSA) is 72.0 Å². The molecule has 0 N–H and O–H groups in total. The minimum atomic E-state index is -0.468. The van der Waals surface area contributed by atoms with Crippen molar-refractivity contribution in [1.82, 2.24) is 14.8 Å². The third kappa shape index (κ3) is 5.47. The molecule has 0 spiro atoms. The smallest absolute Gasteiger partial charge is 0.410 e. The van der Waals surface area contributed by atoms with Crippen molar-refractivity contribution in [2.45, 2.75) is 58.6 Å². The highest BCUT2D eigenvalue weighted by Crippen LogP contribution is 2.29. The minimum absolute atomic E-state index is 0.0318. The van der Waals surface area contributed by atoms with Gasteiger partial charge in [0.1, 0.15) is 5.60 Å². The van der Waals surface area contributed by atoms with E-state index in [2.05, 4.69) is 22.9 Å². The van der Waals surface area contributed by atoms with Crippen LogP contribution in [0.15, 0.2) is 12.3 Å². The molecule has 1 amide bonds. The van der Waals surface area contributed by atoms with Gasteiger partial charge >= 0.3 is 12.1 Å². The fourth-order valence-corrected chi connectivity index (χ4v) is 3.87. The number of likely N-dealkylation sites (tertiary alicyclic amines) is 2. The summed E-state index contributed by atoms with van der Waals surface area (Å²) in [5, 5.41) is 0. The number of esters is 1. The van der Waals surface area contributed by atoms with Gasteiger partial charge in [0.05, 0.1) is 13.0 Å². The van der Waals surface area contributed by atoms with E-state index in [9.17, 15) is 9.59 Å². The SMILES string of the molecule is COC(=O)C1CCN(Cc2cnc(C3CN(C(=O)OC(C)(C)C)C3)cc2C)CC1. The highest BCUT2D eigenvalue weighted by Gasteiger charge is 2.35. The second-order valence-electron chi connectivity index (χ2n) is 9.19. The Balaban J connectivity index is 1.50. The lowest BCUT2D eigenvalue weighted by Gasteiger charge is -2.39. The summed E-state index contributed by atoms with van der Waals surface area (Å²) in [4.78, 5) is 32.5. The molecule has 1 aromatic heterocycles. The molecular weight excluding hydrogens is 370 g/mol. The lowest BCUT2D eigenvalue weighted by molar-refractivity contribution is -0.147. The number of ether oxygens (including phenoxy) is 2. The average molecular weight is 404 g/mol. The van der Waals surface area contributed by atoms with Gasteiger partial charge in [-0.1, -0.05) is 0 Å². The molecule has 0 bridgehead atoms. The standard InChI is InChI=1S/C22H33N3O4/c1-15-10-19(18-13-25(14-18)21(27)29-22(2,3)4)23-11-17(15)12-24-8-6-16(7-9-24)20(26)28-5/h10-11,16,18H,6-9,12-14H2,1-5H3. The number of carbonyl (C=O) groups excluding carboxylic acids is 2. The van der Waals surface area contributed by atoms with E-state index < -0.39 is 5.60 Å². The molecule has 0 aromatic carbocycles. The summed E-state index contributed by atoms with van der Waals surface area (Å²) in [7, 11) is 1.46. The van der Waals surface area contributed by atoms with E-state index in [0.29, 0.717) is 13.1 Å². The van der Waals surface area contributed by atoms with Crippen LogP contribution in [-0.4, -0.2) is 65.7 Å². The number of hydrogen-bond acceptors (Lipinski definition) is 6. The van der Waals surface area contributed by atoms with Crippen molar-refractivity contribution in [2.75, 3.05) is 33.3 Å². The third-order valence-corrected chi connectivity index (χ3v) is 5.71. The number of carbonyl (C=O) groups is 2. The summed E-state index contributed by atoms with van der Waals surface area (Å²) in [5.41, 5.74) is 3.01. The average Bonchev–Trinajstić information content (AvgIpc) is 2.61. The van der Waals surface area contributed by atoms with E-state index in [1.54, 1.807) is 4.90 Å². The molecule has 0 saturated carbocycles. The first-order chi connectivity index (χ1) is 13.7. The molecule has 0 aliphatic carbocycles. The second kappa shape index (κ2) is 8.69. The summed E-state index contributed by atoms with van der Waals surface area (Å²) in [6.45, 7) is 11.7. The van der Waals surface area contributed by atoms with Crippen molar-refractivity contribution < 1.29 is 19.1 Å². The fourth-order valence-electron chi connectivity index (χ4n) is 3.87. The molecule has 2 aliphatic rings. The summed E-state index contributed by atoms with van der Waals surface area (Å²) < 4.78 is 10.3. The molecule has 3 rings (SSSR count). The van der Waals surface area contributed by atoms with Crippen molar-refractivity contribution in [3.05, 3.63) is 29.1 Å². The lowest BCUT2D eigenvalue weighted by atomic mass is 9.94. The largest absolute Gasteiger partial charge is 0.469 e. The second-order valence-corrected chi connectivity index (χ2v) is 9.19. The molecule has 0 atom stereocenters. The van der Waals surface area contributed by atoms with E-state index in [0.717, 1.165) is 38.2 Å². The first-order valence-electron chi connectivity index (χ1n) is 10.4. The van der Waals surface area contributed by atoms with Crippen molar-refractivity contribution >= 4 is 12.1 Å². The van der Waals surface area contributed by atoms with E-state index in [1.807, 2.05) is 27.0 Å². The van der Waals surface area contributed by atoms with Crippen LogP contribution in [0.4, 0.5) is 4.79 Å². The number of amides is 1. The highest BCUT2D eigenvalue weighted by molar-refractivity contribution is 5.72. The quantitative estimate of drug-likeness (QED) is 0.720. The predicted octanol–water partition coefficient (Wildman–Crippen LogP) is 3.11. The molecule has 2 saturated heterocycles. The Hall–Kier alpha value is -2.15. The van der Waals surface area contributed by atoms with Crippen LogP contribution in [0.3, 0.4) is 0 Å². The molecule has 7 nitrogen and oxygen atoms in total. The van der Waals surface area contributed by atoms with Gasteiger partial charge in [0, 0.05) is 37.4 Å². The van der Waals surface area contributed by atoms with E-state index in [1.165, 1.54) is 18.2 Å². The molecule has 2 aliphatic heterocycles. The zero-order valence-electron chi connectivity index (χ0n) is 18.2. The Morgan fingerprint density at radius 1 is 1.21 bits per heavy atom. The van der Waals surface area contributed by atoms with Crippen LogP contribution in [-0.2, 0) is 20.8 Å². The maximum atomic E-state index is 12.1. The molecule has 7 heteroatoms. The molecule has 1 aromatic rings. The first kappa shape index (κ1) is 21.6. The number of piperidine rings is 1. The van der Waals surface area contributed by atoms with Crippen LogP contribution in [0, 0.1) is 12.8 Å². The number of nitrogens with zero attached hydrogens (tertiary/aromatic N) is 3. The van der Waals surface area contributed by atoms with Gasteiger partial charge in [-0.15, -0.1) is 0 Å². The Labute approximate surface area is 173 Å². The van der Waals surface area contributed by atoms with Gasteiger partial charge in [0.15, 0.2) is 0 Å². The third-order valence-electron chi connectivity index (χ3n) is 5.71. The number of hydrogen-bond donors (Lipinski definition) is 0. The molecule has 0 unspecified atom stereocenters. The van der Waals surface area contributed by atoms with Gasteiger partial charge in [-0.25, -0.2) is 4.79 Å². The van der Waals surface area contributed by atoms with Gasteiger partial charge in [0.25, 0.3) is 0 Å². The maximum Gasteiger partial charge on any atom is 0.410 e. The number of aromatic nitrogens is 1. The number of aryl methyl sites for hydroxylation is 1. The normalized spacial score (nSPS) is 19.0. The number of methoxy groups -OCH3 is 1.